The molecule has 42 heavy (non-hydrogen) atoms. The largest absolute Gasteiger partial charge is 0.480 e. The second-order valence-electron chi connectivity index (χ2n) is 9.57. The average molecular weight is 619 g/mol. The van der Waals surface area contributed by atoms with Crippen LogP contribution >= 0.6 is 25.3 Å². The molecule has 226 valence electrons. The van der Waals surface area contributed by atoms with Gasteiger partial charge in [0, 0.05) is 53.3 Å². The predicted octanol–water partition coefficient (Wildman–Crippen LogP) is -1.09. The number of H-pyrrole nitrogens is 2. The first kappa shape index (κ1) is 32.5. The molecule has 16 heteroatoms. The number of thiol groups is 2. The van der Waals surface area contributed by atoms with Crippen LogP contribution in [-0.4, -0.2) is 91.4 Å². The Balaban J connectivity index is 1.66. The molecular formula is C26H34N8O6S2. The monoisotopic (exact) mass is 618 g/mol. The second kappa shape index (κ2) is 15.3. The van der Waals surface area contributed by atoms with Crippen molar-refractivity contribution in [3.8, 4) is 0 Å². The molecule has 1 aromatic carbocycles. The fraction of sp³-hybridized carbons (Fsp3) is 0.385. The number of carbonyl (C=O) groups excluding carboxylic acids is 4. The molecule has 14 nitrogen and oxygen atoms in total. The number of para-hydroxylation sites is 1. The van der Waals surface area contributed by atoms with Crippen molar-refractivity contribution in [2.24, 2.45) is 5.73 Å². The summed E-state index contributed by atoms with van der Waals surface area (Å²) in [6.45, 7) is 1.41. The van der Waals surface area contributed by atoms with E-state index in [1.54, 1.807) is 6.20 Å². The van der Waals surface area contributed by atoms with Gasteiger partial charge in [-0.2, -0.15) is 25.3 Å². The number of imidazole rings is 1. The number of carboxylic acids is 1. The van der Waals surface area contributed by atoms with Gasteiger partial charge in [-0.3, -0.25) is 19.2 Å². The number of aromatic amines is 2. The van der Waals surface area contributed by atoms with E-state index in [9.17, 15) is 29.1 Å². The van der Waals surface area contributed by atoms with Gasteiger partial charge in [-0.25, -0.2) is 9.78 Å². The number of hydrogen-bond donors (Lipinski definition) is 10. The Kier molecular flexibility index (Phi) is 11.8. The molecule has 2 heterocycles. The Morgan fingerprint density at radius 2 is 1.55 bits per heavy atom. The summed E-state index contributed by atoms with van der Waals surface area (Å²) in [6, 6.07) is 1.81. The molecule has 0 bridgehead atoms. The number of aliphatic carboxylic acids is 1. The fourth-order valence-corrected chi connectivity index (χ4v) is 4.47. The van der Waals surface area contributed by atoms with Crippen molar-refractivity contribution in [3.63, 3.8) is 0 Å². The quantitative estimate of drug-likeness (QED) is 0.0940. The number of carbonyl (C=O) groups is 5. The first-order valence-electron chi connectivity index (χ1n) is 13.0. The van der Waals surface area contributed by atoms with Crippen LogP contribution in [0.3, 0.4) is 0 Å². The molecule has 3 aromatic rings. The number of hydrogen-bond acceptors (Lipinski definition) is 9. The van der Waals surface area contributed by atoms with Crippen LogP contribution in [0.4, 0.5) is 0 Å². The van der Waals surface area contributed by atoms with Gasteiger partial charge in [-0.05, 0) is 18.6 Å². The van der Waals surface area contributed by atoms with Crippen molar-refractivity contribution < 1.29 is 29.1 Å². The van der Waals surface area contributed by atoms with Crippen molar-refractivity contribution in [1.82, 2.24) is 36.2 Å². The molecule has 0 aliphatic carbocycles. The lowest BCUT2D eigenvalue weighted by Crippen LogP contribution is -2.58. The van der Waals surface area contributed by atoms with Gasteiger partial charge in [0.25, 0.3) is 0 Å². The smallest absolute Gasteiger partial charge is 0.326 e. The van der Waals surface area contributed by atoms with Crippen LogP contribution in [0.5, 0.6) is 0 Å². The molecule has 0 fully saturated rings. The summed E-state index contributed by atoms with van der Waals surface area (Å²) in [5.41, 5.74) is 7.90. The Labute approximate surface area is 252 Å². The van der Waals surface area contributed by atoms with E-state index in [2.05, 4.69) is 61.5 Å². The van der Waals surface area contributed by atoms with E-state index in [-0.39, 0.29) is 24.3 Å². The molecule has 9 N–H and O–H groups in total. The zero-order valence-electron chi connectivity index (χ0n) is 22.7. The lowest BCUT2D eigenvalue weighted by Gasteiger charge is -2.24. The van der Waals surface area contributed by atoms with Crippen LogP contribution < -0.4 is 27.0 Å². The van der Waals surface area contributed by atoms with E-state index in [1.165, 1.54) is 19.4 Å². The molecule has 4 amide bonds. The Morgan fingerprint density at radius 3 is 2.19 bits per heavy atom. The molecule has 0 unspecified atom stereocenters. The summed E-state index contributed by atoms with van der Waals surface area (Å²) >= 11 is 8.15. The maximum atomic E-state index is 13.3. The van der Waals surface area contributed by atoms with E-state index in [0.717, 1.165) is 16.5 Å². The first-order chi connectivity index (χ1) is 20.0. The van der Waals surface area contributed by atoms with Crippen LogP contribution in [0.15, 0.2) is 43.0 Å². The number of rotatable bonds is 15. The van der Waals surface area contributed by atoms with Gasteiger partial charge in [0.05, 0.1) is 12.4 Å². The molecule has 0 spiro atoms. The van der Waals surface area contributed by atoms with E-state index in [1.807, 2.05) is 24.3 Å². The minimum absolute atomic E-state index is 0.0544. The number of nitrogens with zero attached hydrogens (tertiary/aromatic N) is 1. The van der Waals surface area contributed by atoms with Crippen molar-refractivity contribution in [3.05, 3.63) is 54.2 Å². The Morgan fingerprint density at radius 1 is 0.881 bits per heavy atom. The van der Waals surface area contributed by atoms with Crippen molar-refractivity contribution in [2.45, 2.75) is 50.0 Å². The molecule has 5 atom stereocenters. The molecule has 3 rings (SSSR count). The second-order valence-corrected chi connectivity index (χ2v) is 10.3. The molecule has 0 saturated carbocycles. The number of amides is 4. The van der Waals surface area contributed by atoms with E-state index in [0.29, 0.717) is 5.69 Å². The van der Waals surface area contributed by atoms with E-state index in [4.69, 9.17) is 5.73 Å². The van der Waals surface area contributed by atoms with Gasteiger partial charge in [0.2, 0.25) is 23.6 Å². The molecule has 2 aromatic heterocycles. The molecular weight excluding hydrogens is 584 g/mol. The summed E-state index contributed by atoms with van der Waals surface area (Å²) in [6.07, 6.45) is 4.60. The van der Waals surface area contributed by atoms with Gasteiger partial charge in [0.1, 0.15) is 24.2 Å². The summed E-state index contributed by atoms with van der Waals surface area (Å²) in [5.74, 6) is -4.09. The third-order valence-electron chi connectivity index (χ3n) is 6.43. The minimum atomic E-state index is -1.29. The number of fused-ring (bicyclic) bond motifs is 1. The zero-order valence-corrected chi connectivity index (χ0v) is 24.5. The molecule has 0 aliphatic heterocycles. The van der Waals surface area contributed by atoms with Crippen molar-refractivity contribution in [1.29, 1.82) is 0 Å². The van der Waals surface area contributed by atoms with Crippen molar-refractivity contribution in [2.75, 3.05) is 11.5 Å². The highest BCUT2D eigenvalue weighted by atomic mass is 32.1. The summed E-state index contributed by atoms with van der Waals surface area (Å²) in [5, 5.41) is 20.4. The fourth-order valence-electron chi connectivity index (χ4n) is 4.05. The third-order valence-corrected chi connectivity index (χ3v) is 7.19. The highest BCUT2D eigenvalue weighted by Gasteiger charge is 2.30. The molecule has 0 radical (unpaired) electrons. The average Bonchev–Trinajstić information content (AvgIpc) is 3.64. The lowest BCUT2D eigenvalue weighted by atomic mass is 10.0. The lowest BCUT2D eigenvalue weighted by molar-refractivity contribution is -0.142. The first-order valence-corrected chi connectivity index (χ1v) is 14.2. The number of aromatic nitrogens is 3. The maximum absolute atomic E-state index is 13.3. The van der Waals surface area contributed by atoms with Crippen LogP contribution in [0, 0.1) is 0 Å². The highest BCUT2D eigenvalue weighted by Crippen LogP contribution is 2.19. The van der Waals surface area contributed by atoms with Gasteiger partial charge >= 0.3 is 5.97 Å². The molecule has 0 aliphatic rings. The van der Waals surface area contributed by atoms with Gasteiger partial charge in [-0.15, -0.1) is 0 Å². The van der Waals surface area contributed by atoms with Crippen LogP contribution in [0.2, 0.25) is 0 Å². The highest BCUT2D eigenvalue weighted by molar-refractivity contribution is 7.80. The van der Waals surface area contributed by atoms with Gasteiger partial charge in [-0.1, -0.05) is 18.2 Å². The van der Waals surface area contributed by atoms with Crippen LogP contribution in [-0.2, 0) is 36.8 Å². The minimum Gasteiger partial charge on any atom is -0.480 e. The standard InChI is InChI=1S/C26H34N8O6S2/c1-13(22(35)34-21(11-42)25(38)33-20(26(39)40)7-15-9-28-12-30-15)31-24(37)19(32-23(36)17(27)10-41)6-14-8-29-18-5-3-2-4-16(14)18/h2-5,8-9,12-13,17,19-21,29,41-42H,6-7,10-11,27H2,1H3,(H,28,30)(H,31,37)(H,32,36)(H,33,38)(H,34,35)(H,39,40)/t13-,17-,19-,20-,21-/m0/s1. The maximum Gasteiger partial charge on any atom is 0.326 e. The van der Waals surface area contributed by atoms with E-state index >= 15 is 0 Å². The van der Waals surface area contributed by atoms with Crippen molar-refractivity contribution >= 4 is 65.8 Å². The number of nitrogens with two attached hydrogens (primary N) is 1. The normalized spacial score (nSPS) is 14.7. The summed E-state index contributed by atoms with van der Waals surface area (Å²) < 4.78 is 0. The van der Waals surface area contributed by atoms with Crippen LogP contribution in [0.25, 0.3) is 10.9 Å². The van der Waals surface area contributed by atoms with Gasteiger partial charge in [0.15, 0.2) is 0 Å². The SMILES string of the molecule is C[C@H](NC(=O)[C@H](Cc1c[nH]c2ccccc12)NC(=O)[C@@H](N)CS)C(=O)N[C@@H](CS)C(=O)N[C@@H](Cc1cnc[nH]1)C(=O)O. The number of benzene rings is 1. The summed E-state index contributed by atoms with van der Waals surface area (Å²) in [7, 11) is 0. The molecule has 0 saturated heterocycles. The topological polar surface area (TPSA) is 224 Å². The van der Waals surface area contributed by atoms with Crippen LogP contribution in [0.1, 0.15) is 18.2 Å². The van der Waals surface area contributed by atoms with E-state index < -0.39 is 59.8 Å². The van der Waals surface area contributed by atoms with Gasteiger partial charge < -0.3 is 42.1 Å². The number of carboxylic acid groups (broad SMARTS) is 1. The Hall–Kier alpha value is -4.02. The Bertz CT molecular complexity index is 1400. The summed E-state index contributed by atoms with van der Waals surface area (Å²) in [4.78, 5) is 72.9. The zero-order chi connectivity index (χ0) is 30.8. The predicted molar refractivity (Wildman–Crippen MR) is 161 cm³/mol. The number of nitrogens with one attached hydrogen (secondary N) is 6. The third kappa shape index (κ3) is 8.74.